The Hall–Kier alpha value is -5.12. The number of thiazole rings is 1. The van der Waals surface area contributed by atoms with Gasteiger partial charge in [-0.15, -0.1) is 0 Å². The molecule has 1 atom stereocenters. The highest BCUT2D eigenvalue weighted by molar-refractivity contribution is 7.07. The summed E-state index contributed by atoms with van der Waals surface area (Å²) >= 11 is 7.25. The lowest BCUT2D eigenvalue weighted by atomic mass is 9.93. The third-order valence-corrected chi connectivity index (χ3v) is 8.83. The van der Waals surface area contributed by atoms with Crippen LogP contribution >= 0.6 is 22.9 Å². The number of carbonyl (C=O) groups is 1. The maximum absolute atomic E-state index is 14.2. The minimum atomic E-state index is -0.785. The molecule has 6 rings (SSSR count). The number of fused-ring (bicyclic) bond motifs is 1. The van der Waals surface area contributed by atoms with Crippen molar-refractivity contribution < 1.29 is 23.7 Å². The average molecular weight is 667 g/mol. The van der Waals surface area contributed by atoms with E-state index in [4.69, 9.17) is 35.5 Å². The molecule has 8 nitrogen and oxygen atoms in total. The maximum atomic E-state index is 14.2. The van der Waals surface area contributed by atoms with Crippen LogP contribution in [0.4, 0.5) is 0 Å². The topological polar surface area (TPSA) is 88.4 Å². The maximum Gasteiger partial charge on any atom is 0.338 e. The van der Waals surface area contributed by atoms with Crippen LogP contribution in [0.1, 0.15) is 35.2 Å². The molecule has 4 aromatic carbocycles. The normalized spacial score (nSPS) is 14.3. The lowest BCUT2D eigenvalue weighted by Crippen LogP contribution is -2.40. The molecule has 5 aromatic rings. The van der Waals surface area contributed by atoms with Crippen molar-refractivity contribution in [3.05, 3.63) is 150 Å². The van der Waals surface area contributed by atoms with E-state index >= 15 is 0 Å². The zero-order valence-electron chi connectivity index (χ0n) is 25.9. The van der Waals surface area contributed by atoms with Gasteiger partial charge in [0.1, 0.15) is 12.4 Å². The van der Waals surface area contributed by atoms with Gasteiger partial charge in [-0.2, -0.15) is 0 Å². The van der Waals surface area contributed by atoms with Crippen molar-refractivity contribution in [1.82, 2.24) is 4.57 Å². The summed E-state index contributed by atoms with van der Waals surface area (Å²) < 4.78 is 24.6. The van der Waals surface area contributed by atoms with Gasteiger partial charge >= 0.3 is 5.97 Å². The highest BCUT2D eigenvalue weighted by Gasteiger charge is 2.35. The Morgan fingerprint density at radius 3 is 2.36 bits per heavy atom. The van der Waals surface area contributed by atoms with Gasteiger partial charge in [-0.1, -0.05) is 83.6 Å². The van der Waals surface area contributed by atoms with Gasteiger partial charge < -0.3 is 18.9 Å². The number of hydrogen-bond acceptors (Lipinski definition) is 8. The molecule has 0 saturated heterocycles. The standard InChI is InChI=1S/C37H31ClN2O6S/c1-4-45-36(42)32-33(25-8-6-5-7-9-25)39-37-40(34(32)26-13-17-28(43-2)18-14-26)35(41)31(47-37)21-24-12-19-29(30(20-24)44-3)46-22-23-10-15-27(38)16-11-23/h5-21,34H,4,22H2,1-3H3/b31-21-. The van der Waals surface area contributed by atoms with Crippen molar-refractivity contribution in [2.75, 3.05) is 20.8 Å². The minimum absolute atomic E-state index is 0.172. The summed E-state index contributed by atoms with van der Waals surface area (Å²) in [6.07, 6.45) is 1.79. The number of benzene rings is 4. The summed E-state index contributed by atoms with van der Waals surface area (Å²) in [6, 6.07) is 28.9. The number of carbonyl (C=O) groups excluding carboxylic acids is 1. The zero-order valence-corrected chi connectivity index (χ0v) is 27.5. The molecule has 2 heterocycles. The van der Waals surface area contributed by atoms with E-state index in [1.807, 2.05) is 84.9 Å². The summed E-state index contributed by atoms with van der Waals surface area (Å²) in [5, 5.41) is 0.657. The fraction of sp³-hybridized carbons (Fsp3) is 0.162. The van der Waals surface area contributed by atoms with Crippen LogP contribution in [0, 0.1) is 0 Å². The van der Waals surface area contributed by atoms with Gasteiger partial charge in [0.2, 0.25) is 0 Å². The van der Waals surface area contributed by atoms with Crippen LogP contribution < -0.4 is 29.1 Å². The number of rotatable bonds is 10. The third kappa shape index (κ3) is 6.72. The molecular formula is C37H31ClN2O6S. The largest absolute Gasteiger partial charge is 0.497 e. The lowest BCUT2D eigenvalue weighted by molar-refractivity contribution is -0.138. The Labute approximate surface area is 280 Å². The molecule has 10 heteroatoms. The number of esters is 1. The predicted molar refractivity (Wildman–Crippen MR) is 183 cm³/mol. The lowest BCUT2D eigenvalue weighted by Gasteiger charge is -2.26. The van der Waals surface area contributed by atoms with Crippen LogP contribution in [0.3, 0.4) is 0 Å². The molecule has 1 unspecified atom stereocenters. The Morgan fingerprint density at radius 1 is 0.936 bits per heavy atom. The monoisotopic (exact) mass is 666 g/mol. The Bertz CT molecular complexity index is 2120. The number of hydrogen-bond donors (Lipinski definition) is 0. The van der Waals surface area contributed by atoms with E-state index in [1.165, 1.54) is 11.3 Å². The van der Waals surface area contributed by atoms with Crippen LogP contribution in [0.15, 0.2) is 112 Å². The van der Waals surface area contributed by atoms with E-state index in [0.717, 1.165) is 16.7 Å². The first-order valence-electron chi connectivity index (χ1n) is 14.9. The quantitative estimate of drug-likeness (QED) is 0.165. The molecule has 0 spiro atoms. The molecule has 1 aromatic heterocycles. The summed E-state index contributed by atoms with van der Waals surface area (Å²) in [5.41, 5.74) is 3.61. The van der Waals surface area contributed by atoms with Crippen molar-refractivity contribution >= 4 is 40.7 Å². The molecule has 0 saturated carbocycles. The van der Waals surface area contributed by atoms with Gasteiger partial charge in [0.05, 0.1) is 42.7 Å². The van der Waals surface area contributed by atoms with Crippen molar-refractivity contribution in [2.45, 2.75) is 19.6 Å². The van der Waals surface area contributed by atoms with Crippen LogP contribution in [-0.2, 0) is 16.1 Å². The van der Waals surface area contributed by atoms with Gasteiger partial charge in [0.25, 0.3) is 5.56 Å². The molecule has 0 fully saturated rings. The second-order valence-electron chi connectivity index (χ2n) is 10.5. The molecule has 0 aliphatic carbocycles. The van der Waals surface area contributed by atoms with Gasteiger partial charge in [0, 0.05) is 10.6 Å². The van der Waals surface area contributed by atoms with E-state index in [-0.39, 0.29) is 17.7 Å². The summed E-state index contributed by atoms with van der Waals surface area (Å²) in [4.78, 5) is 33.2. The van der Waals surface area contributed by atoms with Gasteiger partial charge in [0.15, 0.2) is 16.3 Å². The highest BCUT2D eigenvalue weighted by Crippen LogP contribution is 2.36. The number of aromatic nitrogens is 1. The fourth-order valence-electron chi connectivity index (χ4n) is 5.33. The van der Waals surface area contributed by atoms with Crippen LogP contribution in [0.25, 0.3) is 11.8 Å². The van der Waals surface area contributed by atoms with E-state index in [0.29, 0.717) is 49.5 Å². The number of methoxy groups -OCH3 is 2. The van der Waals surface area contributed by atoms with E-state index in [9.17, 15) is 9.59 Å². The molecule has 238 valence electrons. The van der Waals surface area contributed by atoms with Crippen LogP contribution in [0.5, 0.6) is 17.2 Å². The highest BCUT2D eigenvalue weighted by atomic mass is 35.5. The number of ether oxygens (including phenoxy) is 4. The molecule has 0 amide bonds. The first kappa shape index (κ1) is 31.8. The molecule has 47 heavy (non-hydrogen) atoms. The molecule has 0 bridgehead atoms. The Balaban J connectivity index is 1.46. The molecule has 1 aliphatic rings. The average Bonchev–Trinajstić information content (AvgIpc) is 3.41. The first-order chi connectivity index (χ1) is 22.9. The Morgan fingerprint density at radius 2 is 1.68 bits per heavy atom. The van der Waals surface area contributed by atoms with E-state index in [1.54, 1.807) is 43.9 Å². The third-order valence-electron chi connectivity index (χ3n) is 7.60. The predicted octanol–water partition coefficient (Wildman–Crippen LogP) is 6.19. The minimum Gasteiger partial charge on any atom is -0.497 e. The summed E-state index contributed by atoms with van der Waals surface area (Å²) in [7, 11) is 3.15. The summed E-state index contributed by atoms with van der Waals surface area (Å²) in [5.74, 6) is 1.20. The van der Waals surface area contributed by atoms with Crippen molar-refractivity contribution in [1.29, 1.82) is 0 Å². The van der Waals surface area contributed by atoms with Gasteiger partial charge in [-0.3, -0.25) is 9.36 Å². The summed E-state index contributed by atoms with van der Waals surface area (Å²) in [6.45, 7) is 2.26. The van der Waals surface area contributed by atoms with Crippen molar-refractivity contribution in [3.8, 4) is 17.2 Å². The van der Waals surface area contributed by atoms with Crippen LogP contribution in [0.2, 0.25) is 5.02 Å². The van der Waals surface area contributed by atoms with Crippen LogP contribution in [-0.4, -0.2) is 31.4 Å². The van der Waals surface area contributed by atoms with Crippen molar-refractivity contribution in [3.63, 3.8) is 0 Å². The molecule has 1 aliphatic heterocycles. The second kappa shape index (κ2) is 14.1. The molecular weight excluding hydrogens is 636 g/mol. The zero-order chi connectivity index (χ0) is 32.9. The Kier molecular flexibility index (Phi) is 9.56. The van der Waals surface area contributed by atoms with Gasteiger partial charge in [-0.25, -0.2) is 9.79 Å². The SMILES string of the molecule is CCOC(=O)C1=C(c2ccccc2)N=c2s/c(=C\c3ccc(OCc4ccc(Cl)cc4)c(OC)c3)c(=O)n2C1c1ccc(OC)cc1. The first-order valence-corrected chi connectivity index (χ1v) is 16.1. The van der Waals surface area contributed by atoms with Gasteiger partial charge in [-0.05, 0) is 66.1 Å². The molecule has 0 N–H and O–H groups in total. The van der Waals surface area contributed by atoms with E-state index in [2.05, 4.69) is 0 Å². The number of halogens is 1. The smallest absolute Gasteiger partial charge is 0.338 e. The van der Waals surface area contributed by atoms with Crippen molar-refractivity contribution in [2.24, 2.45) is 4.99 Å². The molecule has 0 radical (unpaired) electrons. The fourth-order valence-corrected chi connectivity index (χ4v) is 6.46. The van der Waals surface area contributed by atoms with E-state index < -0.39 is 12.0 Å². The second-order valence-corrected chi connectivity index (χ2v) is 12.0. The number of nitrogens with zero attached hydrogens (tertiary/aromatic N) is 2.